The first-order valence-corrected chi connectivity index (χ1v) is 5.82. The molecule has 1 aromatic carbocycles. The van der Waals surface area contributed by atoms with E-state index >= 15 is 0 Å². The molecule has 0 aliphatic rings. The van der Waals surface area contributed by atoms with Crippen LogP contribution in [0.2, 0.25) is 10.4 Å². The van der Waals surface area contributed by atoms with Crippen LogP contribution in [0.1, 0.15) is 16.1 Å². The summed E-state index contributed by atoms with van der Waals surface area (Å²) < 4.78 is 5.08. The molecule has 0 bridgehead atoms. The molecular formula is C12H8Cl2N2O2. The summed E-state index contributed by atoms with van der Waals surface area (Å²) in [5, 5.41) is 0.0100. The summed E-state index contributed by atoms with van der Waals surface area (Å²) in [5.74, 6) is -0.593. The van der Waals surface area contributed by atoms with Gasteiger partial charge in [-0.25, -0.2) is 14.8 Å². The van der Waals surface area contributed by atoms with E-state index in [4.69, 9.17) is 27.9 Å². The van der Waals surface area contributed by atoms with E-state index in [0.29, 0.717) is 0 Å². The minimum Gasteiger partial charge on any atom is -0.456 e. The maximum atomic E-state index is 11.7. The Morgan fingerprint density at radius 2 is 1.89 bits per heavy atom. The first-order chi connectivity index (χ1) is 8.65. The number of ether oxygens (including phenoxy) is 1. The summed E-state index contributed by atoms with van der Waals surface area (Å²) >= 11 is 11.3. The van der Waals surface area contributed by atoms with Crippen LogP contribution in [-0.4, -0.2) is 15.9 Å². The molecule has 1 heterocycles. The van der Waals surface area contributed by atoms with Gasteiger partial charge in [-0.1, -0.05) is 41.9 Å². The molecule has 0 spiro atoms. The van der Waals surface area contributed by atoms with Crippen LogP contribution in [0.3, 0.4) is 0 Å². The number of hydrogen-bond acceptors (Lipinski definition) is 4. The molecule has 0 fully saturated rings. The highest BCUT2D eigenvalue weighted by Gasteiger charge is 2.12. The molecule has 2 rings (SSSR count). The van der Waals surface area contributed by atoms with Crippen LogP contribution >= 0.6 is 23.2 Å². The zero-order chi connectivity index (χ0) is 13.0. The van der Waals surface area contributed by atoms with Crippen LogP contribution in [0.5, 0.6) is 0 Å². The molecule has 0 radical (unpaired) electrons. The smallest absolute Gasteiger partial charge is 0.357 e. The zero-order valence-corrected chi connectivity index (χ0v) is 10.6. The summed E-state index contributed by atoms with van der Waals surface area (Å²) in [6.45, 7) is 0.166. The van der Waals surface area contributed by atoms with Crippen molar-refractivity contribution in [3.8, 4) is 0 Å². The Balaban J connectivity index is 2.04. The average molecular weight is 283 g/mol. The molecule has 0 saturated carbocycles. The van der Waals surface area contributed by atoms with Gasteiger partial charge in [-0.15, -0.1) is 0 Å². The summed E-state index contributed by atoms with van der Waals surface area (Å²) in [6.07, 6.45) is 0. The molecule has 0 aliphatic heterocycles. The highest BCUT2D eigenvalue weighted by atomic mass is 35.5. The highest BCUT2D eigenvalue weighted by molar-refractivity contribution is 6.32. The number of halogens is 2. The van der Waals surface area contributed by atoms with Gasteiger partial charge >= 0.3 is 5.97 Å². The Morgan fingerprint density at radius 3 is 2.56 bits per heavy atom. The topological polar surface area (TPSA) is 52.1 Å². The number of aromatic nitrogens is 2. The number of rotatable bonds is 3. The van der Waals surface area contributed by atoms with Crippen LogP contribution in [-0.2, 0) is 11.3 Å². The van der Waals surface area contributed by atoms with Gasteiger partial charge < -0.3 is 4.74 Å². The van der Waals surface area contributed by atoms with Crippen molar-refractivity contribution in [3.63, 3.8) is 0 Å². The van der Waals surface area contributed by atoms with Crippen molar-refractivity contribution < 1.29 is 9.53 Å². The van der Waals surface area contributed by atoms with Crippen LogP contribution < -0.4 is 0 Å². The maximum absolute atomic E-state index is 11.7. The lowest BCUT2D eigenvalue weighted by atomic mass is 10.2. The molecule has 1 aromatic heterocycles. The number of esters is 1. The third kappa shape index (κ3) is 3.42. The van der Waals surface area contributed by atoms with Gasteiger partial charge in [0.1, 0.15) is 11.8 Å². The third-order valence-corrected chi connectivity index (χ3v) is 2.45. The molecule has 0 N–H and O–H groups in total. The average Bonchev–Trinajstić information content (AvgIpc) is 2.36. The Labute approximate surface area is 114 Å². The van der Waals surface area contributed by atoms with Crippen molar-refractivity contribution in [2.45, 2.75) is 6.61 Å². The largest absolute Gasteiger partial charge is 0.456 e. The molecule has 2 aromatic rings. The number of carbonyl (C=O) groups excluding carboxylic acids is 1. The molecule has 0 atom stereocenters. The van der Waals surface area contributed by atoms with E-state index < -0.39 is 5.97 Å². The van der Waals surface area contributed by atoms with Gasteiger partial charge in [0, 0.05) is 6.07 Å². The lowest BCUT2D eigenvalue weighted by Gasteiger charge is -2.04. The maximum Gasteiger partial charge on any atom is 0.357 e. The fourth-order valence-electron chi connectivity index (χ4n) is 1.29. The second-order valence-electron chi connectivity index (χ2n) is 3.41. The summed E-state index contributed by atoms with van der Waals surface area (Å²) in [4.78, 5) is 19.1. The van der Waals surface area contributed by atoms with Crippen LogP contribution in [0, 0.1) is 0 Å². The third-order valence-electron chi connectivity index (χ3n) is 2.09. The molecule has 18 heavy (non-hydrogen) atoms. The minimum absolute atomic E-state index is 0.0379. The van der Waals surface area contributed by atoms with Gasteiger partial charge in [-0.3, -0.25) is 0 Å². The van der Waals surface area contributed by atoms with Crippen molar-refractivity contribution in [1.82, 2.24) is 9.97 Å². The fraction of sp³-hybridized carbons (Fsp3) is 0.0833. The van der Waals surface area contributed by atoms with E-state index in [9.17, 15) is 4.79 Å². The van der Waals surface area contributed by atoms with Crippen molar-refractivity contribution in [1.29, 1.82) is 0 Å². The van der Waals surface area contributed by atoms with Crippen LogP contribution in [0.15, 0.2) is 36.4 Å². The Kier molecular flexibility index (Phi) is 4.12. The van der Waals surface area contributed by atoms with E-state index in [1.54, 1.807) is 0 Å². The van der Waals surface area contributed by atoms with Gasteiger partial charge in [0.15, 0.2) is 5.69 Å². The number of nitrogens with zero attached hydrogens (tertiary/aromatic N) is 2. The monoisotopic (exact) mass is 282 g/mol. The summed E-state index contributed by atoms with van der Waals surface area (Å²) in [7, 11) is 0. The van der Waals surface area contributed by atoms with Crippen molar-refractivity contribution in [2.75, 3.05) is 0 Å². The van der Waals surface area contributed by atoms with Gasteiger partial charge in [-0.2, -0.15) is 0 Å². The molecule has 92 valence electrons. The first kappa shape index (κ1) is 12.8. The normalized spacial score (nSPS) is 10.1. The second-order valence-corrected chi connectivity index (χ2v) is 4.13. The molecular weight excluding hydrogens is 275 g/mol. The highest BCUT2D eigenvalue weighted by Crippen LogP contribution is 2.12. The Hall–Kier alpha value is -1.65. The van der Waals surface area contributed by atoms with Crippen molar-refractivity contribution >= 4 is 29.2 Å². The molecule has 4 nitrogen and oxygen atoms in total. The van der Waals surface area contributed by atoms with Crippen LogP contribution in [0.25, 0.3) is 0 Å². The predicted molar refractivity (Wildman–Crippen MR) is 67.6 cm³/mol. The van der Waals surface area contributed by atoms with E-state index in [-0.39, 0.29) is 22.7 Å². The number of carbonyl (C=O) groups is 1. The SMILES string of the molecule is O=C(OCc1ccccc1)c1cc(Cl)nc(Cl)n1. The molecule has 0 amide bonds. The quantitative estimate of drug-likeness (QED) is 0.493. The lowest BCUT2D eigenvalue weighted by Crippen LogP contribution is -2.08. The van der Waals surface area contributed by atoms with Gasteiger partial charge in [-0.05, 0) is 17.2 Å². The zero-order valence-electron chi connectivity index (χ0n) is 9.14. The van der Waals surface area contributed by atoms with Gasteiger partial charge in [0.2, 0.25) is 5.28 Å². The van der Waals surface area contributed by atoms with E-state index in [0.717, 1.165) is 5.56 Å². The van der Waals surface area contributed by atoms with Gasteiger partial charge in [0.25, 0.3) is 0 Å². The van der Waals surface area contributed by atoms with Crippen molar-refractivity contribution in [3.05, 3.63) is 58.1 Å². The van der Waals surface area contributed by atoms with Crippen LogP contribution in [0.4, 0.5) is 0 Å². The second kappa shape index (κ2) is 5.80. The molecule has 0 aliphatic carbocycles. The Morgan fingerprint density at radius 1 is 1.17 bits per heavy atom. The lowest BCUT2D eigenvalue weighted by molar-refractivity contribution is 0.0465. The predicted octanol–water partition coefficient (Wildman–Crippen LogP) is 3.14. The number of benzene rings is 1. The standard InChI is InChI=1S/C12H8Cl2N2O2/c13-10-6-9(15-12(14)16-10)11(17)18-7-8-4-2-1-3-5-8/h1-6H,7H2. The summed E-state index contributed by atoms with van der Waals surface area (Å²) in [5.41, 5.74) is 0.924. The molecule has 6 heteroatoms. The van der Waals surface area contributed by atoms with Crippen molar-refractivity contribution in [2.24, 2.45) is 0 Å². The summed E-state index contributed by atoms with van der Waals surface area (Å²) in [6, 6.07) is 10.6. The first-order valence-electron chi connectivity index (χ1n) is 5.06. The van der Waals surface area contributed by atoms with E-state index in [1.807, 2.05) is 30.3 Å². The number of hydrogen-bond donors (Lipinski definition) is 0. The van der Waals surface area contributed by atoms with Gasteiger partial charge in [0.05, 0.1) is 0 Å². The molecule has 0 saturated heterocycles. The Bertz CT molecular complexity index is 541. The van der Waals surface area contributed by atoms with E-state index in [1.165, 1.54) is 6.07 Å². The molecule has 0 unspecified atom stereocenters. The minimum atomic E-state index is -0.593. The van der Waals surface area contributed by atoms with E-state index in [2.05, 4.69) is 9.97 Å². The fourth-order valence-corrected chi connectivity index (χ4v) is 1.70.